The molecule has 0 saturated heterocycles. The van der Waals surface area contributed by atoms with E-state index >= 15 is 0 Å². The second-order valence-corrected chi connectivity index (χ2v) is 6.18. The summed E-state index contributed by atoms with van der Waals surface area (Å²) in [7, 11) is 0. The van der Waals surface area contributed by atoms with Crippen LogP contribution in [-0.2, 0) is 4.74 Å². The van der Waals surface area contributed by atoms with Gasteiger partial charge in [0.1, 0.15) is 17.7 Å². The number of benzene rings is 1. The molecule has 0 heterocycles. The fraction of sp³-hybridized carbons (Fsp3) is 0.500. The second kappa shape index (κ2) is 7.97. The Morgan fingerprint density at radius 2 is 1.72 bits per heavy atom. The Balaban J connectivity index is 2.07. The highest BCUT2D eigenvalue weighted by molar-refractivity contribution is 5.90. The Labute approximate surface area is 142 Å². The molecule has 25 heavy (non-hydrogen) atoms. The molecule has 1 aromatic carbocycles. The number of carbonyl (C=O) groups is 1. The number of allylic oxidation sites excluding steroid dienone is 1. The van der Waals surface area contributed by atoms with Crippen LogP contribution in [0.4, 0.5) is 22.0 Å². The van der Waals surface area contributed by atoms with Crippen molar-refractivity contribution in [1.29, 1.82) is 0 Å². The van der Waals surface area contributed by atoms with Gasteiger partial charge in [0.15, 0.2) is 0 Å². The first-order chi connectivity index (χ1) is 11.7. The summed E-state index contributed by atoms with van der Waals surface area (Å²) in [4.78, 5) is 12.0. The first-order valence-electron chi connectivity index (χ1n) is 8.15. The van der Waals surface area contributed by atoms with E-state index in [1.807, 2.05) is 0 Å². The van der Waals surface area contributed by atoms with E-state index < -0.39 is 29.3 Å². The van der Waals surface area contributed by atoms with Crippen molar-refractivity contribution in [3.8, 4) is 0 Å². The number of alkyl halides is 3. The molecule has 0 aromatic heterocycles. The third-order valence-corrected chi connectivity index (χ3v) is 4.40. The third kappa shape index (κ3) is 5.54. The molecule has 138 valence electrons. The van der Waals surface area contributed by atoms with Gasteiger partial charge in [0, 0.05) is 11.6 Å². The molecular weight excluding hydrogens is 343 g/mol. The van der Waals surface area contributed by atoms with Crippen LogP contribution >= 0.6 is 0 Å². The van der Waals surface area contributed by atoms with E-state index in [-0.39, 0.29) is 17.7 Å². The molecule has 0 unspecified atom stereocenters. The lowest BCUT2D eigenvalue weighted by atomic mass is 9.86. The van der Waals surface area contributed by atoms with Crippen molar-refractivity contribution in [2.75, 3.05) is 0 Å². The predicted octanol–water partition coefficient (Wildman–Crippen LogP) is 5.67. The Morgan fingerprint density at radius 3 is 2.20 bits per heavy atom. The summed E-state index contributed by atoms with van der Waals surface area (Å²) in [5.74, 6) is -2.77. The van der Waals surface area contributed by atoms with E-state index in [1.54, 1.807) is 0 Å². The van der Waals surface area contributed by atoms with Crippen molar-refractivity contribution >= 4 is 12.0 Å². The fourth-order valence-corrected chi connectivity index (χ4v) is 2.92. The van der Waals surface area contributed by atoms with Gasteiger partial charge < -0.3 is 4.74 Å². The van der Waals surface area contributed by atoms with Crippen molar-refractivity contribution in [2.45, 2.75) is 51.3 Å². The molecule has 2 nitrogen and oxygen atoms in total. The first kappa shape index (κ1) is 19.4. The smallest absolute Gasteiger partial charge is 0.409 e. The molecule has 0 aliphatic heterocycles. The van der Waals surface area contributed by atoms with Crippen molar-refractivity contribution in [3.05, 3.63) is 41.0 Å². The average molecular weight is 362 g/mol. The fourth-order valence-electron chi connectivity index (χ4n) is 2.92. The van der Waals surface area contributed by atoms with Crippen LogP contribution in [-0.4, -0.2) is 18.2 Å². The molecule has 1 aliphatic carbocycles. The van der Waals surface area contributed by atoms with E-state index in [1.165, 1.54) is 0 Å². The van der Waals surface area contributed by atoms with Gasteiger partial charge in [0.25, 0.3) is 0 Å². The van der Waals surface area contributed by atoms with E-state index in [4.69, 9.17) is 4.74 Å². The average Bonchev–Trinajstić information content (AvgIpc) is 2.53. The lowest BCUT2D eigenvalue weighted by molar-refractivity contribution is -0.0790. The van der Waals surface area contributed by atoms with Gasteiger partial charge in [-0.05, 0) is 49.8 Å². The molecule has 1 fully saturated rings. The third-order valence-electron chi connectivity index (χ3n) is 4.40. The molecule has 0 bridgehead atoms. The van der Waals surface area contributed by atoms with Crippen LogP contribution in [0.25, 0.3) is 6.08 Å². The quantitative estimate of drug-likeness (QED) is 0.510. The topological polar surface area (TPSA) is 26.3 Å². The highest BCUT2D eigenvalue weighted by Gasteiger charge is 2.25. The van der Waals surface area contributed by atoms with Gasteiger partial charge in [-0.1, -0.05) is 13.3 Å². The van der Waals surface area contributed by atoms with Gasteiger partial charge >= 0.3 is 12.1 Å². The molecule has 0 radical (unpaired) electrons. The van der Waals surface area contributed by atoms with Crippen molar-refractivity contribution in [1.82, 2.24) is 0 Å². The van der Waals surface area contributed by atoms with Crippen LogP contribution < -0.4 is 0 Å². The van der Waals surface area contributed by atoms with E-state index in [0.717, 1.165) is 19.3 Å². The molecule has 1 aliphatic rings. The summed E-state index contributed by atoms with van der Waals surface area (Å²) in [5.41, 5.74) is -1.20. The number of hydrogen-bond acceptors (Lipinski definition) is 2. The molecule has 1 aromatic rings. The van der Waals surface area contributed by atoms with Gasteiger partial charge in [-0.25, -0.2) is 13.6 Å². The molecule has 0 amide bonds. The zero-order valence-electron chi connectivity index (χ0n) is 13.7. The molecular formula is C18H19F5O2. The van der Waals surface area contributed by atoms with E-state index in [0.29, 0.717) is 37.0 Å². The van der Waals surface area contributed by atoms with Gasteiger partial charge in [0.2, 0.25) is 0 Å². The number of hydrogen-bond donors (Lipinski definition) is 0. The predicted molar refractivity (Wildman–Crippen MR) is 82.9 cm³/mol. The van der Waals surface area contributed by atoms with E-state index in [9.17, 15) is 26.7 Å². The van der Waals surface area contributed by atoms with Crippen molar-refractivity contribution < 1.29 is 31.5 Å². The van der Waals surface area contributed by atoms with Gasteiger partial charge in [-0.15, -0.1) is 0 Å². The zero-order valence-corrected chi connectivity index (χ0v) is 13.7. The number of ether oxygens (including phenoxy) is 1. The number of carbonyl (C=O) groups excluding carboxylic acids is 1. The summed E-state index contributed by atoms with van der Waals surface area (Å²) in [6, 6.07) is 1.39. The Bertz CT molecular complexity index is 620. The maximum absolute atomic E-state index is 13.9. The van der Waals surface area contributed by atoms with Crippen molar-refractivity contribution in [2.24, 2.45) is 5.92 Å². The minimum atomic E-state index is -4.69. The van der Waals surface area contributed by atoms with E-state index in [2.05, 4.69) is 6.92 Å². The normalized spacial score (nSPS) is 21.5. The summed E-state index contributed by atoms with van der Waals surface area (Å²) in [5, 5.41) is 0. The maximum atomic E-state index is 13.9. The zero-order chi connectivity index (χ0) is 18.6. The molecule has 0 spiro atoms. The lowest BCUT2D eigenvalue weighted by Crippen LogP contribution is -2.24. The Morgan fingerprint density at radius 1 is 1.16 bits per heavy atom. The maximum Gasteiger partial charge on any atom is 0.409 e. The van der Waals surface area contributed by atoms with Crippen LogP contribution in [0.3, 0.4) is 0 Å². The highest BCUT2D eigenvalue weighted by atomic mass is 19.4. The van der Waals surface area contributed by atoms with Gasteiger partial charge in [-0.3, -0.25) is 0 Å². The molecule has 7 heteroatoms. The minimum Gasteiger partial charge on any atom is -0.459 e. The molecule has 1 saturated carbocycles. The molecule has 0 atom stereocenters. The molecule has 0 N–H and O–H groups in total. The summed E-state index contributed by atoms with van der Waals surface area (Å²) in [6.45, 7) is 2.09. The van der Waals surface area contributed by atoms with Crippen LogP contribution in [0.2, 0.25) is 0 Å². The largest absolute Gasteiger partial charge is 0.459 e. The van der Waals surface area contributed by atoms with Crippen LogP contribution in [0, 0.1) is 17.6 Å². The number of esters is 1. The van der Waals surface area contributed by atoms with Crippen LogP contribution in [0.15, 0.2) is 18.2 Å². The summed E-state index contributed by atoms with van der Waals surface area (Å²) < 4.78 is 69.3. The highest BCUT2D eigenvalue weighted by Crippen LogP contribution is 2.29. The Kier molecular flexibility index (Phi) is 6.19. The van der Waals surface area contributed by atoms with Gasteiger partial charge in [-0.2, -0.15) is 13.2 Å². The van der Waals surface area contributed by atoms with Crippen molar-refractivity contribution in [3.63, 3.8) is 0 Å². The molecule has 2 rings (SSSR count). The monoisotopic (exact) mass is 362 g/mol. The standard InChI is InChI=1S/C18H19F5O2/c1-2-11-3-5-13(6-4-11)25-17(24)12-9-15(19)14(16(20)10-12)7-8-18(21,22)23/h7-11,13H,2-6H2,1H3/b8-7+. The summed E-state index contributed by atoms with van der Waals surface area (Å²) >= 11 is 0. The number of halogens is 5. The second-order valence-electron chi connectivity index (χ2n) is 6.18. The van der Waals surface area contributed by atoms with Crippen LogP contribution in [0.1, 0.15) is 54.9 Å². The summed E-state index contributed by atoms with van der Waals surface area (Å²) in [6.07, 6.45) is -0.645. The minimum absolute atomic E-state index is 0.265. The lowest BCUT2D eigenvalue weighted by Gasteiger charge is -2.27. The van der Waals surface area contributed by atoms with Crippen LogP contribution in [0.5, 0.6) is 0 Å². The SMILES string of the molecule is CCC1CCC(OC(=O)c2cc(F)c(/C=C/C(F)(F)F)c(F)c2)CC1. The van der Waals surface area contributed by atoms with Gasteiger partial charge in [0.05, 0.1) is 5.56 Å². The first-order valence-corrected chi connectivity index (χ1v) is 8.15. The Hall–Kier alpha value is -1.92. The number of rotatable bonds is 4.